The number of amides is 1. The average molecular weight is 265 g/mol. The van der Waals surface area contributed by atoms with Crippen molar-refractivity contribution in [1.82, 2.24) is 5.32 Å². The third-order valence-corrected chi connectivity index (χ3v) is 2.32. The van der Waals surface area contributed by atoms with Crippen LogP contribution in [0.2, 0.25) is 0 Å². The van der Waals surface area contributed by atoms with Gasteiger partial charge in [-0.2, -0.15) is 0 Å². The molecule has 0 saturated carbocycles. The maximum absolute atomic E-state index is 11.3. The van der Waals surface area contributed by atoms with Gasteiger partial charge < -0.3 is 19.9 Å². The minimum Gasteiger partial charge on any atom is -0.497 e. The Morgan fingerprint density at radius 2 is 2.00 bits per heavy atom. The van der Waals surface area contributed by atoms with Crippen LogP contribution < -0.4 is 14.8 Å². The molecule has 1 aromatic rings. The molecule has 19 heavy (non-hydrogen) atoms. The second-order valence-corrected chi connectivity index (χ2v) is 3.57. The lowest BCUT2D eigenvalue weighted by molar-refractivity contribution is -0.131. The molecule has 0 fully saturated rings. The average Bonchev–Trinajstić information content (AvgIpc) is 2.42. The van der Waals surface area contributed by atoms with Gasteiger partial charge in [-0.1, -0.05) is 0 Å². The summed E-state index contributed by atoms with van der Waals surface area (Å²) in [4.78, 5) is 21.6. The lowest BCUT2D eigenvalue weighted by atomic mass is 10.2. The molecule has 0 aromatic heterocycles. The summed E-state index contributed by atoms with van der Waals surface area (Å²) in [6.45, 7) is 0.211. The molecule has 6 heteroatoms. The predicted octanol–water partition coefficient (Wildman–Crippen LogP) is 0.961. The predicted molar refractivity (Wildman–Crippen MR) is 68.2 cm³/mol. The molecule has 0 atom stereocenters. The lowest BCUT2D eigenvalue weighted by Crippen LogP contribution is -2.21. The van der Waals surface area contributed by atoms with Gasteiger partial charge >= 0.3 is 5.97 Å². The second-order valence-electron chi connectivity index (χ2n) is 3.57. The maximum atomic E-state index is 11.3. The number of rotatable bonds is 6. The topological polar surface area (TPSA) is 84.9 Å². The van der Waals surface area contributed by atoms with Crippen LogP contribution >= 0.6 is 0 Å². The zero-order valence-corrected chi connectivity index (χ0v) is 10.7. The number of nitrogens with one attached hydrogen (secondary N) is 1. The van der Waals surface area contributed by atoms with Gasteiger partial charge in [-0.3, -0.25) is 4.79 Å². The molecule has 0 radical (unpaired) electrons. The molecule has 0 bridgehead atoms. The summed E-state index contributed by atoms with van der Waals surface area (Å²) in [6.07, 6.45) is 1.73. The number of carboxylic acid groups (broad SMARTS) is 1. The highest BCUT2D eigenvalue weighted by molar-refractivity contribution is 5.93. The maximum Gasteiger partial charge on any atom is 0.328 e. The number of hydrogen-bond acceptors (Lipinski definition) is 4. The summed E-state index contributed by atoms with van der Waals surface area (Å²) in [5.41, 5.74) is 0.735. The first-order valence-corrected chi connectivity index (χ1v) is 5.46. The van der Waals surface area contributed by atoms with Gasteiger partial charge in [0.15, 0.2) is 0 Å². The van der Waals surface area contributed by atoms with Gasteiger partial charge in [0.1, 0.15) is 11.5 Å². The molecule has 0 unspecified atom stereocenters. The van der Waals surface area contributed by atoms with Gasteiger partial charge in [0.25, 0.3) is 0 Å². The Bertz CT molecular complexity index is 496. The van der Waals surface area contributed by atoms with Crippen molar-refractivity contribution >= 4 is 11.9 Å². The van der Waals surface area contributed by atoms with Crippen LogP contribution in [0.5, 0.6) is 11.5 Å². The molecule has 0 spiro atoms. The Balaban J connectivity index is 2.70. The smallest absolute Gasteiger partial charge is 0.328 e. The third-order valence-electron chi connectivity index (χ3n) is 2.32. The number of hydrogen-bond donors (Lipinski definition) is 2. The SMILES string of the molecule is COc1ccc(OC)c(CNC(=O)/C=C/C(=O)O)c1. The number of carboxylic acids is 1. The van der Waals surface area contributed by atoms with E-state index in [9.17, 15) is 9.59 Å². The van der Waals surface area contributed by atoms with Gasteiger partial charge in [0, 0.05) is 24.3 Å². The van der Waals surface area contributed by atoms with Crippen LogP contribution in [0.25, 0.3) is 0 Å². The molecule has 0 aliphatic carbocycles. The molecule has 102 valence electrons. The van der Waals surface area contributed by atoms with Gasteiger partial charge in [-0.25, -0.2) is 4.79 Å². The Morgan fingerprint density at radius 3 is 2.58 bits per heavy atom. The number of ether oxygens (including phenoxy) is 2. The molecule has 1 amide bonds. The van der Waals surface area contributed by atoms with Crippen molar-refractivity contribution in [3.63, 3.8) is 0 Å². The highest BCUT2D eigenvalue weighted by Crippen LogP contribution is 2.23. The number of carbonyl (C=O) groups is 2. The second kappa shape index (κ2) is 7.05. The van der Waals surface area contributed by atoms with Crippen molar-refractivity contribution in [2.75, 3.05) is 14.2 Å². The summed E-state index contributed by atoms with van der Waals surface area (Å²) >= 11 is 0. The first-order chi connectivity index (χ1) is 9.06. The van der Waals surface area contributed by atoms with E-state index in [1.165, 1.54) is 7.11 Å². The van der Waals surface area contributed by atoms with E-state index in [1.807, 2.05) is 0 Å². The number of carbonyl (C=O) groups excluding carboxylic acids is 1. The number of benzene rings is 1. The van der Waals surface area contributed by atoms with Crippen LogP contribution in [0.4, 0.5) is 0 Å². The van der Waals surface area contributed by atoms with E-state index < -0.39 is 11.9 Å². The molecule has 0 aliphatic heterocycles. The fraction of sp³-hybridized carbons (Fsp3) is 0.231. The Kier molecular flexibility index (Phi) is 5.40. The number of methoxy groups -OCH3 is 2. The summed E-state index contributed by atoms with van der Waals surface area (Å²) in [5.74, 6) is -0.407. The van der Waals surface area contributed by atoms with Gasteiger partial charge in [0.05, 0.1) is 14.2 Å². The van der Waals surface area contributed by atoms with Crippen LogP contribution in [0.3, 0.4) is 0 Å². The Labute approximate surface area is 110 Å². The van der Waals surface area contributed by atoms with Gasteiger partial charge in [-0.15, -0.1) is 0 Å². The fourth-order valence-electron chi connectivity index (χ4n) is 1.41. The zero-order chi connectivity index (χ0) is 14.3. The third kappa shape index (κ3) is 4.71. The Hall–Kier alpha value is -2.50. The van der Waals surface area contributed by atoms with Gasteiger partial charge in [-0.05, 0) is 18.2 Å². The van der Waals surface area contributed by atoms with Crippen LogP contribution in [-0.4, -0.2) is 31.2 Å². The van der Waals surface area contributed by atoms with Crippen molar-refractivity contribution < 1.29 is 24.2 Å². The van der Waals surface area contributed by atoms with Crippen molar-refractivity contribution in [3.05, 3.63) is 35.9 Å². The van der Waals surface area contributed by atoms with Crippen molar-refractivity contribution in [2.45, 2.75) is 6.54 Å². The molecule has 0 aliphatic rings. The van der Waals surface area contributed by atoms with E-state index in [0.29, 0.717) is 11.5 Å². The monoisotopic (exact) mass is 265 g/mol. The largest absolute Gasteiger partial charge is 0.497 e. The zero-order valence-electron chi connectivity index (χ0n) is 10.7. The van der Waals surface area contributed by atoms with E-state index in [0.717, 1.165) is 17.7 Å². The van der Waals surface area contributed by atoms with Crippen LogP contribution in [0.15, 0.2) is 30.4 Å². The Morgan fingerprint density at radius 1 is 1.26 bits per heavy atom. The minimum absolute atomic E-state index is 0.211. The molecule has 0 heterocycles. The normalized spacial score (nSPS) is 10.2. The molecule has 0 saturated heterocycles. The fourth-order valence-corrected chi connectivity index (χ4v) is 1.41. The van der Waals surface area contributed by atoms with E-state index in [4.69, 9.17) is 14.6 Å². The van der Waals surface area contributed by atoms with E-state index >= 15 is 0 Å². The summed E-state index contributed by atoms with van der Waals surface area (Å²) in [5, 5.41) is 11.0. The number of aliphatic carboxylic acids is 1. The lowest BCUT2D eigenvalue weighted by Gasteiger charge is -2.10. The van der Waals surface area contributed by atoms with Crippen LogP contribution in [0, 0.1) is 0 Å². The quantitative estimate of drug-likeness (QED) is 0.748. The minimum atomic E-state index is -1.17. The van der Waals surface area contributed by atoms with E-state index in [1.54, 1.807) is 25.3 Å². The van der Waals surface area contributed by atoms with Crippen molar-refractivity contribution in [2.24, 2.45) is 0 Å². The van der Waals surface area contributed by atoms with Gasteiger partial charge in [0.2, 0.25) is 5.91 Å². The van der Waals surface area contributed by atoms with Crippen LogP contribution in [0.1, 0.15) is 5.56 Å². The van der Waals surface area contributed by atoms with Crippen molar-refractivity contribution in [3.8, 4) is 11.5 Å². The molecule has 1 rings (SSSR count). The van der Waals surface area contributed by atoms with Crippen molar-refractivity contribution in [1.29, 1.82) is 0 Å². The molecule has 2 N–H and O–H groups in total. The highest BCUT2D eigenvalue weighted by atomic mass is 16.5. The molecular formula is C13H15NO5. The van der Waals surface area contributed by atoms with E-state index in [-0.39, 0.29) is 6.54 Å². The molecule has 6 nitrogen and oxygen atoms in total. The summed E-state index contributed by atoms with van der Waals surface area (Å²) in [6, 6.07) is 5.21. The standard InChI is InChI=1S/C13H15NO5/c1-18-10-3-4-11(19-2)9(7-10)8-14-12(15)5-6-13(16)17/h3-7H,8H2,1-2H3,(H,14,15)(H,16,17)/b6-5+. The highest BCUT2D eigenvalue weighted by Gasteiger charge is 2.06. The summed E-state index contributed by atoms with van der Waals surface area (Å²) in [7, 11) is 3.07. The molecular weight excluding hydrogens is 250 g/mol. The first kappa shape index (κ1) is 14.6. The molecule has 1 aromatic carbocycles. The summed E-state index contributed by atoms with van der Waals surface area (Å²) < 4.78 is 10.2. The first-order valence-electron chi connectivity index (χ1n) is 5.46. The van der Waals surface area contributed by atoms with E-state index in [2.05, 4.69) is 5.32 Å². The van der Waals surface area contributed by atoms with Crippen LogP contribution in [-0.2, 0) is 16.1 Å².